The minimum Gasteiger partial charge on any atom is -0.495 e. The number of aromatic nitrogens is 3. The van der Waals surface area contributed by atoms with Crippen LogP contribution in [0.2, 0.25) is 5.02 Å². The highest BCUT2D eigenvalue weighted by molar-refractivity contribution is 6.32. The van der Waals surface area contributed by atoms with Crippen LogP contribution >= 0.6 is 11.6 Å². The van der Waals surface area contributed by atoms with Crippen molar-refractivity contribution in [3.8, 4) is 11.4 Å². The van der Waals surface area contributed by atoms with E-state index in [0.29, 0.717) is 27.8 Å². The largest absolute Gasteiger partial charge is 0.495 e. The molecule has 6 nitrogen and oxygen atoms in total. The van der Waals surface area contributed by atoms with Gasteiger partial charge in [-0.05, 0) is 43.3 Å². The standard InChI is InChI=1S/C17H14ClFN4O2/c1-10-16(17(24)20-12-5-3-4-11(19)8-12)21-22-23(10)13-6-7-15(25-2)14(18)9-13/h3-9H,1-2H3,(H,20,24). The van der Waals surface area contributed by atoms with E-state index in [1.54, 1.807) is 31.2 Å². The molecule has 0 saturated carbocycles. The highest BCUT2D eigenvalue weighted by Crippen LogP contribution is 2.27. The molecule has 0 atom stereocenters. The number of carbonyl (C=O) groups is 1. The zero-order chi connectivity index (χ0) is 18.0. The van der Waals surface area contributed by atoms with Crippen LogP contribution in [0.1, 0.15) is 16.2 Å². The van der Waals surface area contributed by atoms with E-state index in [1.807, 2.05) is 0 Å². The number of amides is 1. The van der Waals surface area contributed by atoms with Gasteiger partial charge in [0.2, 0.25) is 0 Å². The Morgan fingerprint density at radius 1 is 1.28 bits per heavy atom. The predicted octanol–water partition coefficient (Wildman–Crippen LogP) is 3.63. The van der Waals surface area contributed by atoms with Gasteiger partial charge in [0.05, 0.1) is 23.5 Å². The van der Waals surface area contributed by atoms with Crippen LogP contribution in [0.3, 0.4) is 0 Å². The topological polar surface area (TPSA) is 69.0 Å². The quantitative estimate of drug-likeness (QED) is 0.771. The van der Waals surface area contributed by atoms with Crippen molar-refractivity contribution in [2.24, 2.45) is 0 Å². The summed E-state index contributed by atoms with van der Waals surface area (Å²) in [7, 11) is 1.52. The average Bonchev–Trinajstić information content (AvgIpc) is 2.96. The first kappa shape index (κ1) is 16.9. The van der Waals surface area contributed by atoms with Gasteiger partial charge in [0.1, 0.15) is 11.6 Å². The lowest BCUT2D eigenvalue weighted by Crippen LogP contribution is -2.14. The summed E-state index contributed by atoms with van der Waals surface area (Å²) in [4.78, 5) is 12.4. The number of hydrogen-bond donors (Lipinski definition) is 1. The van der Waals surface area contributed by atoms with Gasteiger partial charge in [-0.15, -0.1) is 5.10 Å². The SMILES string of the molecule is COc1ccc(-n2nnc(C(=O)Nc3cccc(F)c3)c2C)cc1Cl. The minimum absolute atomic E-state index is 0.135. The van der Waals surface area contributed by atoms with E-state index in [-0.39, 0.29) is 5.69 Å². The molecule has 0 spiro atoms. The Hall–Kier alpha value is -2.93. The lowest BCUT2D eigenvalue weighted by molar-refractivity contribution is 0.102. The van der Waals surface area contributed by atoms with Gasteiger partial charge in [0.25, 0.3) is 5.91 Å². The molecule has 3 aromatic rings. The normalized spacial score (nSPS) is 10.6. The van der Waals surface area contributed by atoms with Gasteiger partial charge in [0, 0.05) is 5.69 Å². The fourth-order valence-electron chi connectivity index (χ4n) is 2.33. The number of anilines is 1. The smallest absolute Gasteiger partial charge is 0.278 e. The second kappa shape index (κ2) is 6.90. The van der Waals surface area contributed by atoms with E-state index < -0.39 is 11.7 Å². The molecule has 1 heterocycles. The third kappa shape index (κ3) is 3.46. The third-order valence-electron chi connectivity index (χ3n) is 3.57. The zero-order valence-electron chi connectivity index (χ0n) is 13.5. The molecule has 1 aromatic heterocycles. The first-order valence-electron chi connectivity index (χ1n) is 7.32. The van der Waals surface area contributed by atoms with E-state index in [9.17, 15) is 9.18 Å². The number of nitrogens with zero attached hydrogens (tertiary/aromatic N) is 3. The Bertz CT molecular complexity index is 942. The summed E-state index contributed by atoms with van der Waals surface area (Å²) in [5.41, 5.74) is 1.64. The van der Waals surface area contributed by atoms with Crippen molar-refractivity contribution in [2.75, 3.05) is 12.4 Å². The maximum absolute atomic E-state index is 13.2. The van der Waals surface area contributed by atoms with Crippen molar-refractivity contribution in [3.05, 3.63) is 64.7 Å². The molecule has 0 bridgehead atoms. The third-order valence-corrected chi connectivity index (χ3v) is 3.87. The number of rotatable bonds is 4. The fraction of sp³-hybridized carbons (Fsp3) is 0.118. The van der Waals surface area contributed by atoms with Crippen molar-refractivity contribution >= 4 is 23.2 Å². The molecule has 8 heteroatoms. The Kier molecular flexibility index (Phi) is 4.67. The van der Waals surface area contributed by atoms with Crippen LogP contribution in [-0.2, 0) is 0 Å². The van der Waals surface area contributed by atoms with Crippen LogP contribution in [0.15, 0.2) is 42.5 Å². The van der Waals surface area contributed by atoms with Gasteiger partial charge in [-0.1, -0.05) is 22.9 Å². The summed E-state index contributed by atoms with van der Waals surface area (Å²) in [5.74, 6) is -0.382. The van der Waals surface area contributed by atoms with Crippen LogP contribution in [-0.4, -0.2) is 28.0 Å². The molecule has 0 aliphatic rings. The molecule has 0 aliphatic heterocycles. The second-order valence-corrected chi connectivity index (χ2v) is 5.63. The van der Waals surface area contributed by atoms with Gasteiger partial charge in [-0.2, -0.15) is 0 Å². The molecular formula is C17H14ClFN4O2. The molecule has 128 valence electrons. The van der Waals surface area contributed by atoms with E-state index >= 15 is 0 Å². The summed E-state index contributed by atoms with van der Waals surface area (Å²) in [6, 6.07) is 10.7. The van der Waals surface area contributed by atoms with Crippen LogP contribution in [0, 0.1) is 12.7 Å². The van der Waals surface area contributed by atoms with Gasteiger partial charge in [-0.25, -0.2) is 9.07 Å². The highest BCUT2D eigenvalue weighted by Gasteiger charge is 2.18. The molecule has 0 radical (unpaired) electrons. The zero-order valence-corrected chi connectivity index (χ0v) is 14.2. The fourth-order valence-corrected chi connectivity index (χ4v) is 2.58. The number of hydrogen-bond acceptors (Lipinski definition) is 4. The van der Waals surface area contributed by atoms with Crippen LogP contribution in [0.5, 0.6) is 5.75 Å². The average molecular weight is 361 g/mol. The first-order valence-corrected chi connectivity index (χ1v) is 7.70. The van der Waals surface area contributed by atoms with Gasteiger partial charge in [0.15, 0.2) is 5.69 Å². The molecule has 1 N–H and O–H groups in total. The van der Waals surface area contributed by atoms with Crippen LogP contribution < -0.4 is 10.1 Å². The summed E-state index contributed by atoms with van der Waals surface area (Å²) >= 11 is 6.12. The van der Waals surface area contributed by atoms with E-state index in [1.165, 1.54) is 30.0 Å². The monoisotopic (exact) mass is 360 g/mol. The summed E-state index contributed by atoms with van der Waals surface area (Å²) in [5, 5.41) is 10.9. The Morgan fingerprint density at radius 2 is 2.08 bits per heavy atom. The number of nitrogens with one attached hydrogen (secondary N) is 1. The summed E-state index contributed by atoms with van der Waals surface area (Å²) in [6.45, 7) is 1.71. The highest BCUT2D eigenvalue weighted by atomic mass is 35.5. The lowest BCUT2D eigenvalue weighted by atomic mass is 10.2. The van der Waals surface area contributed by atoms with Crippen molar-refractivity contribution in [1.29, 1.82) is 0 Å². The van der Waals surface area contributed by atoms with Crippen molar-refractivity contribution in [1.82, 2.24) is 15.0 Å². The van der Waals surface area contributed by atoms with Gasteiger partial charge >= 0.3 is 0 Å². The second-order valence-electron chi connectivity index (χ2n) is 5.22. The molecule has 25 heavy (non-hydrogen) atoms. The van der Waals surface area contributed by atoms with E-state index in [2.05, 4.69) is 15.6 Å². The van der Waals surface area contributed by atoms with Crippen LogP contribution in [0.25, 0.3) is 5.69 Å². The van der Waals surface area contributed by atoms with Crippen molar-refractivity contribution in [3.63, 3.8) is 0 Å². The first-order chi connectivity index (χ1) is 12.0. The molecule has 0 saturated heterocycles. The van der Waals surface area contributed by atoms with E-state index in [4.69, 9.17) is 16.3 Å². The Labute approximate surface area is 148 Å². The number of carbonyl (C=O) groups excluding carboxylic acids is 1. The lowest BCUT2D eigenvalue weighted by Gasteiger charge is -2.07. The summed E-state index contributed by atoms with van der Waals surface area (Å²) in [6.07, 6.45) is 0. The maximum atomic E-state index is 13.2. The van der Waals surface area contributed by atoms with Crippen LogP contribution in [0.4, 0.5) is 10.1 Å². The van der Waals surface area contributed by atoms with E-state index in [0.717, 1.165) is 0 Å². The molecule has 0 aliphatic carbocycles. The Morgan fingerprint density at radius 3 is 2.76 bits per heavy atom. The van der Waals surface area contributed by atoms with Crippen molar-refractivity contribution < 1.29 is 13.9 Å². The number of methoxy groups -OCH3 is 1. The molecular weight excluding hydrogens is 347 g/mol. The molecule has 1 amide bonds. The van der Waals surface area contributed by atoms with Gasteiger partial charge in [-0.3, -0.25) is 4.79 Å². The molecule has 0 unspecified atom stereocenters. The number of ether oxygens (including phenoxy) is 1. The predicted molar refractivity (Wildman–Crippen MR) is 92.0 cm³/mol. The van der Waals surface area contributed by atoms with Gasteiger partial charge < -0.3 is 10.1 Å². The molecule has 0 fully saturated rings. The molecule has 2 aromatic carbocycles. The van der Waals surface area contributed by atoms with Crippen molar-refractivity contribution in [2.45, 2.75) is 6.92 Å². The summed E-state index contributed by atoms with van der Waals surface area (Å²) < 4.78 is 19.8. The number of halogens is 2. The maximum Gasteiger partial charge on any atom is 0.278 e. The minimum atomic E-state index is -0.478. The number of benzene rings is 2. The Balaban J connectivity index is 1.88. The molecule has 3 rings (SSSR count).